The van der Waals surface area contributed by atoms with Gasteiger partial charge >= 0.3 is 5.97 Å². The molecular formula is C17H23NO4. The molecular weight excluding hydrogens is 282 g/mol. The average Bonchev–Trinajstić information content (AvgIpc) is 2.91. The molecule has 0 aliphatic carbocycles. The largest absolute Gasteiger partial charge is 0.478 e. The molecule has 1 aromatic rings. The lowest BCUT2D eigenvalue weighted by Crippen LogP contribution is -2.27. The highest BCUT2D eigenvalue weighted by molar-refractivity contribution is 5.87. The van der Waals surface area contributed by atoms with Gasteiger partial charge in [-0.1, -0.05) is 12.1 Å². The number of carboxylic acids is 1. The van der Waals surface area contributed by atoms with Gasteiger partial charge in [0, 0.05) is 20.0 Å². The van der Waals surface area contributed by atoms with E-state index in [4.69, 9.17) is 9.84 Å². The Labute approximate surface area is 130 Å². The lowest BCUT2D eigenvalue weighted by Gasteiger charge is -2.18. The molecule has 0 spiro atoms. The second-order valence-electron chi connectivity index (χ2n) is 5.94. The van der Waals surface area contributed by atoms with Crippen LogP contribution in [0.5, 0.6) is 0 Å². The van der Waals surface area contributed by atoms with Crippen LogP contribution in [-0.2, 0) is 16.1 Å². The zero-order valence-electron chi connectivity index (χ0n) is 13.1. The third-order valence-electron chi connectivity index (χ3n) is 4.05. The van der Waals surface area contributed by atoms with E-state index in [0.29, 0.717) is 19.1 Å². The first-order chi connectivity index (χ1) is 10.5. The molecule has 1 saturated heterocycles. The van der Waals surface area contributed by atoms with Crippen LogP contribution in [-0.4, -0.2) is 41.1 Å². The number of aromatic carboxylic acids is 1. The number of nitrogens with zero attached hydrogens (tertiary/aromatic N) is 1. The number of benzene rings is 1. The first-order valence-corrected chi connectivity index (χ1v) is 7.67. The maximum atomic E-state index is 12.1. The van der Waals surface area contributed by atoms with Gasteiger partial charge in [-0.15, -0.1) is 0 Å². The maximum absolute atomic E-state index is 12.1. The van der Waals surface area contributed by atoms with Crippen molar-refractivity contribution in [2.24, 2.45) is 0 Å². The molecule has 0 saturated carbocycles. The van der Waals surface area contributed by atoms with E-state index in [2.05, 4.69) is 6.92 Å². The smallest absolute Gasteiger partial charge is 0.335 e. The summed E-state index contributed by atoms with van der Waals surface area (Å²) in [6.07, 6.45) is 3.89. The second kappa shape index (κ2) is 7.40. The summed E-state index contributed by atoms with van der Waals surface area (Å²) in [6, 6.07) is 6.61. The van der Waals surface area contributed by atoms with Gasteiger partial charge in [-0.25, -0.2) is 4.79 Å². The van der Waals surface area contributed by atoms with Crippen molar-refractivity contribution in [3.05, 3.63) is 35.4 Å². The second-order valence-corrected chi connectivity index (χ2v) is 5.94. The zero-order valence-corrected chi connectivity index (χ0v) is 13.1. The van der Waals surface area contributed by atoms with Gasteiger partial charge in [0.1, 0.15) is 0 Å². The van der Waals surface area contributed by atoms with Gasteiger partial charge in [-0.05, 0) is 43.9 Å². The molecule has 5 nitrogen and oxygen atoms in total. The standard InChI is InChI=1S/C17H23NO4/c1-12-3-8-15(22-12)9-10-16(19)18(2)11-13-4-6-14(7-5-13)17(20)21/h4-7,12,15H,3,8-11H2,1-2H3,(H,20,21). The van der Waals surface area contributed by atoms with Gasteiger partial charge in [0.2, 0.25) is 5.91 Å². The van der Waals surface area contributed by atoms with E-state index in [1.54, 1.807) is 36.2 Å². The minimum atomic E-state index is -0.943. The Bertz CT molecular complexity index is 526. The molecule has 1 N–H and O–H groups in total. The van der Waals surface area contributed by atoms with Crippen molar-refractivity contribution in [2.75, 3.05) is 7.05 Å². The van der Waals surface area contributed by atoms with Gasteiger partial charge in [0.25, 0.3) is 0 Å². The average molecular weight is 305 g/mol. The van der Waals surface area contributed by atoms with Crippen molar-refractivity contribution >= 4 is 11.9 Å². The predicted molar refractivity (Wildman–Crippen MR) is 82.7 cm³/mol. The highest BCUT2D eigenvalue weighted by atomic mass is 16.5. The molecule has 5 heteroatoms. The van der Waals surface area contributed by atoms with Crippen LogP contribution in [0.1, 0.15) is 48.5 Å². The maximum Gasteiger partial charge on any atom is 0.335 e. The first-order valence-electron chi connectivity index (χ1n) is 7.67. The number of amides is 1. The molecule has 1 fully saturated rings. The first kappa shape index (κ1) is 16.5. The van der Waals surface area contributed by atoms with Crippen LogP contribution >= 0.6 is 0 Å². The molecule has 1 heterocycles. The molecule has 0 radical (unpaired) electrons. The fraction of sp³-hybridized carbons (Fsp3) is 0.529. The zero-order chi connectivity index (χ0) is 16.1. The topological polar surface area (TPSA) is 66.8 Å². The van der Waals surface area contributed by atoms with E-state index in [0.717, 1.165) is 24.8 Å². The van der Waals surface area contributed by atoms with Gasteiger partial charge in [-0.2, -0.15) is 0 Å². The number of carboxylic acid groups (broad SMARTS) is 1. The minimum absolute atomic E-state index is 0.0884. The van der Waals surface area contributed by atoms with Crippen LogP contribution in [0.3, 0.4) is 0 Å². The summed E-state index contributed by atoms with van der Waals surface area (Å²) in [7, 11) is 1.77. The van der Waals surface area contributed by atoms with Crippen molar-refractivity contribution in [2.45, 2.75) is 51.4 Å². The summed E-state index contributed by atoms with van der Waals surface area (Å²) < 4.78 is 5.72. The van der Waals surface area contributed by atoms with Gasteiger partial charge in [0.15, 0.2) is 0 Å². The molecule has 1 aromatic carbocycles. The summed E-state index contributed by atoms with van der Waals surface area (Å²) in [5.74, 6) is -0.854. The van der Waals surface area contributed by atoms with Gasteiger partial charge < -0.3 is 14.7 Å². The Balaban J connectivity index is 1.79. The summed E-state index contributed by atoms with van der Waals surface area (Å²) in [6.45, 7) is 2.55. The molecule has 2 atom stereocenters. The molecule has 22 heavy (non-hydrogen) atoms. The molecule has 1 aliphatic heterocycles. The Hall–Kier alpha value is -1.88. The van der Waals surface area contributed by atoms with Crippen LogP contribution in [0.4, 0.5) is 0 Å². The van der Waals surface area contributed by atoms with E-state index >= 15 is 0 Å². The Morgan fingerprint density at radius 1 is 1.27 bits per heavy atom. The summed E-state index contributed by atoms with van der Waals surface area (Å²) in [5.41, 5.74) is 1.18. The molecule has 2 unspecified atom stereocenters. The third-order valence-corrected chi connectivity index (χ3v) is 4.05. The molecule has 0 bridgehead atoms. The van der Waals surface area contributed by atoms with Gasteiger partial charge in [0.05, 0.1) is 17.8 Å². The monoisotopic (exact) mass is 305 g/mol. The predicted octanol–water partition coefficient (Wildman–Crippen LogP) is 2.69. The van der Waals surface area contributed by atoms with Crippen molar-refractivity contribution in [1.29, 1.82) is 0 Å². The summed E-state index contributed by atoms with van der Waals surface area (Å²) in [5, 5.41) is 8.86. The van der Waals surface area contributed by atoms with Crippen LogP contribution in [0.15, 0.2) is 24.3 Å². The Morgan fingerprint density at radius 3 is 2.50 bits per heavy atom. The van der Waals surface area contributed by atoms with E-state index in [1.165, 1.54) is 0 Å². The van der Waals surface area contributed by atoms with Crippen LogP contribution in [0.25, 0.3) is 0 Å². The Kier molecular flexibility index (Phi) is 5.55. The van der Waals surface area contributed by atoms with Crippen molar-refractivity contribution < 1.29 is 19.4 Å². The van der Waals surface area contributed by atoms with E-state index in [9.17, 15) is 9.59 Å². The van der Waals surface area contributed by atoms with Crippen molar-refractivity contribution in [3.63, 3.8) is 0 Å². The SMILES string of the molecule is CC1CCC(CCC(=O)N(C)Cc2ccc(C(=O)O)cc2)O1. The highest BCUT2D eigenvalue weighted by Gasteiger charge is 2.22. The van der Waals surface area contributed by atoms with E-state index in [-0.39, 0.29) is 17.6 Å². The molecule has 1 amide bonds. The quantitative estimate of drug-likeness (QED) is 0.877. The van der Waals surface area contributed by atoms with E-state index in [1.807, 2.05) is 0 Å². The minimum Gasteiger partial charge on any atom is -0.478 e. The molecule has 1 aliphatic rings. The number of hydrogen-bond acceptors (Lipinski definition) is 3. The number of rotatable bonds is 6. The van der Waals surface area contributed by atoms with Crippen LogP contribution in [0, 0.1) is 0 Å². The summed E-state index contributed by atoms with van der Waals surface area (Å²) in [4.78, 5) is 24.6. The van der Waals surface area contributed by atoms with Crippen molar-refractivity contribution in [1.82, 2.24) is 4.90 Å². The fourth-order valence-corrected chi connectivity index (χ4v) is 2.69. The lowest BCUT2D eigenvalue weighted by atomic mass is 10.1. The number of ether oxygens (including phenoxy) is 1. The number of carbonyl (C=O) groups is 2. The normalized spacial score (nSPS) is 20.8. The third kappa shape index (κ3) is 4.56. The molecule has 120 valence electrons. The number of hydrogen-bond donors (Lipinski definition) is 1. The van der Waals surface area contributed by atoms with Crippen molar-refractivity contribution in [3.8, 4) is 0 Å². The highest BCUT2D eigenvalue weighted by Crippen LogP contribution is 2.22. The Morgan fingerprint density at radius 2 is 1.95 bits per heavy atom. The molecule has 0 aromatic heterocycles. The fourth-order valence-electron chi connectivity index (χ4n) is 2.69. The lowest BCUT2D eigenvalue weighted by molar-refractivity contribution is -0.131. The van der Waals surface area contributed by atoms with Crippen LogP contribution in [0.2, 0.25) is 0 Å². The molecule has 2 rings (SSSR count). The summed E-state index contributed by atoms with van der Waals surface area (Å²) >= 11 is 0. The van der Waals surface area contributed by atoms with Crippen LogP contribution < -0.4 is 0 Å². The number of carbonyl (C=O) groups excluding carboxylic acids is 1. The van der Waals surface area contributed by atoms with E-state index < -0.39 is 5.97 Å². The van der Waals surface area contributed by atoms with Gasteiger partial charge in [-0.3, -0.25) is 4.79 Å².